The minimum Gasteiger partial charge on any atom is -0.491 e. The summed E-state index contributed by atoms with van der Waals surface area (Å²) in [5.41, 5.74) is 5.52. The summed E-state index contributed by atoms with van der Waals surface area (Å²) >= 11 is 1.21. The molecule has 5 rings (SSSR count). The number of carbonyl (C=O) groups is 2. The van der Waals surface area contributed by atoms with E-state index in [1.54, 1.807) is 30.5 Å². The number of piperazine rings is 1. The SMILES string of the molecule is COCCOc1ccc2c(c1)C(=O)N(C1NN=C(C(=O)Nc3cnccc3N3CCNCC3)S1)C2. The second-order valence-corrected chi connectivity index (χ2v) is 9.26. The van der Waals surface area contributed by atoms with Crippen LogP contribution in [0.4, 0.5) is 11.4 Å². The van der Waals surface area contributed by atoms with Crippen molar-refractivity contribution in [2.75, 3.05) is 56.7 Å². The highest BCUT2D eigenvalue weighted by atomic mass is 32.2. The Morgan fingerprint density at radius 2 is 2.11 bits per heavy atom. The van der Waals surface area contributed by atoms with Crippen LogP contribution in [-0.4, -0.2) is 78.7 Å². The van der Waals surface area contributed by atoms with Crippen molar-refractivity contribution in [3.05, 3.63) is 47.8 Å². The predicted molar refractivity (Wildman–Crippen MR) is 134 cm³/mol. The molecule has 0 saturated carbocycles. The molecule has 0 spiro atoms. The normalized spacial score (nSPS) is 19.3. The zero-order chi connectivity index (χ0) is 24.2. The fraction of sp³-hybridized carbons (Fsp3) is 0.391. The lowest BCUT2D eigenvalue weighted by Crippen LogP contribution is -2.43. The standard InChI is InChI=1S/C23H27N7O4S/c1-33-10-11-34-16-3-2-15-14-30(22(32)17(15)12-16)23-28-27-21(35-23)20(31)26-18-13-25-5-4-19(18)29-8-6-24-7-9-29/h2-5,12-13,23-24,28H,6-11,14H2,1H3,(H,26,31). The van der Waals surface area contributed by atoms with Crippen LogP contribution in [-0.2, 0) is 16.1 Å². The lowest BCUT2D eigenvalue weighted by Gasteiger charge is -2.30. The topological polar surface area (TPSA) is 120 Å². The first-order chi connectivity index (χ1) is 17.1. The van der Waals surface area contributed by atoms with Gasteiger partial charge >= 0.3 is 0 Å². The maximum Gasteiger partial charge on any atom is 0.282 e. The summed E-state index contributed by atoms with van der Waals surface area (Å²) in [5, 5.41) is 10.7. The van der Waals surface area contributed by atoms with Crippen LogP contribution >= 0.6 is 11.8 Å². The van der Waals surface area contributed by atoms with Crippen molar-refractivity contribution in [1.29, 1.82) is 0 Å². The molecule has 3 aliphatic heterocycles. The first kappa shape index (κ1) is 23.4. The molecule has 35 heavy (non-hydrogen) atoms. The largest absolute Gasteiger partial charge is 0.491 e. The van der Waals surface area contributed by atoms with Gasteiger partial charge in [-0.25, -0.2) is 0 Å². The molecule has 1 aromatic heterocycles. The van der Waals surface area contributed by atoms with Crippen molar-refractivity contribution in [3.63, 3.8) is 0 Å². The van der Waals surface area contributed by atoms with Crippen LogP contribution in [0.5, 0.6) is 5.75 Å². The number of ether oxygens (including phenoxy) is 2. The summed E-state index contributed by atoms with van der Waals surface area (Å²) in [5.74, 6) is 0.149. The molecule has 0 radical (unpaired) electrons. The molecule has 2 aromatic rings. The number of carbonyl (C=O) groups excluding carboxylic acids is 2. The summed E-state index contributed by atoms with van der Waals surface area (Å²) in [6, 6.07) is 7.39. The molecule has 2 amide bonds. The summed E-state index contributed by atoms with van der Waals surface area (Å²) in [7, 11) is 1.61. The second-order valence-electron chi connectivity index (χ2n) is 8.19. The van der Waals surface area contributed by atoms with Gasteiger partial charge in [0.15, 0.2) is 10.5 Å². The monoisotopic (exact) mass is 497 g/mol. The number of benzene rings is 1. The Bertz CT molecular complexity index is 1140. The van der Waals surface area contributed by atoms with Gasteiger partial charge in [0.05, 0.1) is 24.2 Å². The molecule has 4 heterocycles. The molecule has 11 nitrogen and oxygen atoms in total. The Morgan fingerprint density at radius 1 is 1.26 bits per heavy atom. The number of nitrogens with one attached hydrogen (secondary N) is 3. The second kappa shape index (κ2) is 10.5. The van der Waals surface area contributed by atoms with Gasteiger partial charge in [-0.1, -0.05) is 17.8 Å². The number of amides is 2. The van der Waals surface area contributed by atoms with Gasteiger partial charge in [-0.3, -0.25) is 20.0 Å². The van der Waals surface area contributed by atoms with E-state index < -0.39 is 5.50 Å². The zero-order valence-corrected chi connectivity index (χ0v) is 20.1. The van der Waals surface area contributed by atoms with E-state index in [1.165, 1.54) is 11.8 Å². The molecule has 1 aromatic carbocycles. The fourth-order valence-corrected chi connectivity index (χ4v) is 5.05. The molecule has 1 unspecified atom stereocenters. The molecule has 0 bridgehead atoms. The fourth-order valence-electron chi connectivity index (χ4n) is 4.18. The lowest BCUT2D eigenvalue weighted by atomic mass is 10.1. The number of anilines is 2. The summed E-state index contributed by atoms with van der Waals surface area (Å²) in [6.07, 6.45) is 3.37. The average molecular weight is 498 g/mol. The minimum absolute atomic E-state index is 0.132. The van der Waals surface area contributed by atoms with Gasteiger partial charge in [0.25, 0.3) is 11.8 Å². The Labute approximate surface area is 207 Å². The highest BCUT2D eigenvalue weighted by Gasteiger charge is 2.37. The maximum atomic E-state index is 13.1. The lowest BCUT2D eigenvalue weighted by molar-refractivity contribution is -0.110. The number of rotatable bonds is 8. The Morgan fingerprint density at radius 3 is 2.94 bits per heavy atom. The van der Waals surface area contributed by atoms with Gasteiger partial charge in [-0.05, 0) is 23.8 Å². The van der Waals surface area contributed by atoms with Gasteiger partial charge in [-0.15, -0.1) is 0 Å². The van der Waals surface area contributed by atoms with Crippen LogP contribution in [0.25, 0.3) is 0 Å². The predicted octanol–water partition coefficient (Wildman–Crippen LogP) is 1.04. The Balaban J connectivity index is 1.21. The number of aromatic nitrogens is 1. The molecule has 3 aliphatic rings. The number of methoxy groups -OCH3 is 1. The van der Waals surface area contributed by atoms with Crippen LogP contribution in [0.2, 0.25) is 0 Å². The third-order valence-electron chi connectivity index (χ3n) is 5.95. The van der Waals surface area contributed by atoms with Gasteiger partial charge in [0.1, 0.15) is 12.4 Å². The Kier molecular flexibility index (Phi) is 7.02. The van der Waals surface area contributed by atoms with Crippen LogP contribution in [0.1, 0.15) is 15.9 Å². The quantitative estimate of drug-likeness (QED) is 0.460. The van der Waals surface area contributed by atoms with Crippen LogP contribution in [0, 0.1) is 0 Å². The van der Waals surface area contributed by atoms with E-state index in [0.717, 1.165) is 37.4 Å². The molecule has 184 valence electrons. The number of nitrogens with zero attached hydrogens (tertiary/aromatic N) is 4. The maximum absolute atomic E-state index is 13.1. The highest BCUT2D eigenvalue weighted by molar-refractivity contribution is 8.16. The molecule has 12 heteroatoms. The highest BCUT2D eigenvalue weighted by Crippen LogP contribution is 2.33. The van der Waals surface area contributed by atoms with E-state index in [1.807, 2.05) is 18.2 Å². The van der Waals surface area contributed by atoms with E-state index in [9.17, 15) is 9.59 Å². The van der Waals surface area contributed by atoms with Gasteiger partial charge in [-0.2, -0.15) is 5.10 Å². The molecule has 3 N–H and O–H groups in total. The van der Waals surface area contributed by atoms with E-state index in [-0.39, 0.29) is 16.9 Å². The average Bonchev–Trinajstić information content (AvgIpc) is 3.50. The molecule has 0 aliphatic carbocycles. The summed E-state index contributed by atoms with van der Waals surface area (Å²) < 4.78 is 10.6. The molecule has 1 saturated heterocycles. The van der Waals surface area contributed by atoms with Crippen molar-refractivity contribution >= 4 is 40.0 Å². The number of thioether (sulfide) groups is 1. The van der Waals surface area contributed by atoms with Crippen LogP contribution in [0.15, 0.2) is 41.8 Å². The van der Waals surface area contributed by atoms with Crippen molar-refractivity contribution in [2.45, 2.75) is 12.0 Å². The molecular formula is C23H27N7O4S. The first-order valence-electron chi connectivity index (χ1n) is 11.4. The number of hydrogen-bond donors (Lipinski definition) is 3. The molecular weight excluding hydrogens is 470 g/mol. The number of fused-ring (bicyclic) bond motifs is 1. The smallest absolute Gasteiger partial charge is 0.282 e. The van der Waals surface area contributed by atoms with Crippen molar-refractivity contribution < 1.29 is 19.1 Å². The van der Waals surface area contributed by atoms with Gasteiger partial charge < -0.3 is 29.9 Å². The van der Waals surface area contributed by atoms with E-state index >= 15 is 0 Å². The van der Waals surface area contributed by atoms with Gasteiger partial charge in [0.2, 0.25) is 0 Å². The van der Waals surface area contributed by atoms with Gasteiger partial charge in [0, 0.05) is 51.6 Å². The first-order valence-corrected chi connectivity index (χ1v) is 12.3. The van der Waals surface area contributed by atoms with Crippen molar-refractivity contribution in [2.24, 2.45) is 5.10 Å². The third kappa shape index (κ3) is 5.04. The molecule has 1 fully saturated rings. The summed E-state index contributed by atoms with van der Waals surface area (Å²) in [6.45, 7) is 4.78. The molecule has 1 atom stereocenters. The Hall–Kier alpha value is -3.35. The van der Waals surface area contributed by atoms with E-state index in [0.29, 0.717) is 36.8 Å². The number of hydrogen-bond acceptors (Lipinski definition) is 10. The zero-order valence-electron chi connectivity index (χ0n) is 19.3. The number of pyridine rings is 1. The minimum atomic E-state index is -0.477. The van der Waals surface area contributed by atoms with E-state index in [2.05, 4.69) is 31.0 Å². The summed E-state index contributed by atoms with van der Waals surface area (Å²) in [4.78, 5) is 34.1. The number of hydrazone groups is 1. The van der Waals surface area contributed by atoms with Crippen molar-refractivity contribution in [3.8, 4) is 5.75 Å². The van der Waals surface area contributed by atoms with Crippen LogP contribution in [0.3, 0.4) is 0 Å². The van der Waals surface area contributed by atoms with Crippen molar-refractivity contribution in [1.82, 2.24) is 20.6 Å². The van der Waals surface area contributed by atoms with E-state index in [4.69, 9.17) is 9.47 Å². The van der Waals surface area contributed by atoms with Crippen LogP contribution < -0.4 is 25.7 Å². The third-order valence-corrected chi connectivity index (χ3v) is 7.03.